The van der Waals surface area contributed by atoms with Gasteiger partial charge in [-0.25, -0.2) is 0 Å². The SMILES string of the molecule is Cc1cc(C)c2c(c1)N=[N+]1CCCCCCCC[N+]3=Nc4cc(C)cc(C)c4SC13S2. The summed E-state index contributed by atoms with van der Waals surface area (Å²) in [5.41, 5.74) is 7.44. The smallest absolute Gasteiger partial charge is 0.0551 e. The fourth-order valence-electron chi connectivity index (χ4n) is 4.91. The van der Waals surface area contributed by atoms with Gasteiger partial charge in [-0.3, -0.25) is 0 Å². The van der Waals surface area contributed by atoms with Gasteiger partial charge in [0.1, 0.15) is 11.4 Å². The molecule has 1 fully saturated rings. The van der Waals surface area contributed by atoms with Crippen molar-refractivity contribution in [3.63, 3.8) is 0 Å². The minimum Gasteiger partial charge on any atom is -0.0551 e. The Balaban J connectivity index is 1.71. The van der Waals surface area contributed by atoms with Gasteiger partial charge in [0, 0.05) is 46.6 Å². The van der Waals surface area contributed by atoms with Gasteiger partial charge in [-0.05, 0) is 84.3 Å². The van der Waals surface area contributed by atoms with Gasteiger partial charge in [-0.1, -0.05) is 25.0 Å². The van der Waals surface area contributed by atoms with E-state index in [1.165, 1.54) is 70.6 Å². The third-order valence-electron chi connectivity index (χ3n) is 6.37. The number of hydrogen-bond donors (Lipinski definition) is 0. The summed E-state index contributed by atoms with van der Waals surface area (Å²) >= 11 is 3.91. The third kappa shape index (κ3) is 3.86. The number of aryl methyl sites for hydroxylation is 4. The van der Waals surface area contributed by atoms with Gasteiger partial charge in [0.15, 0.2) is 13.1 Å². The standard InChI is InChI=1S/C25H32N4S2/c1-17-13-19(3)23-21(15-17)26-28-11-9-7-5-6-8-10-12-29-25(28,30-23)31-24-20(4)14-18(2)16-22(24)27-29/h13-16H,5-12H2,1-4H3/q+2. The van der Waals surface area contributed by atoms with Crippen LogP contribution >= 0.6 is 23.5 Å². The van der Waals surface area contributed by atoms with Gasteiger partial charge in [0.25, 0.3) is 0 Å². The van der Waals surface area contributed by atoms with Crippen LogP contribution in [0.15, 0.2) is 44.3 Å². The average Bonchev–Trinajstić information content (AvgIpc) is 2.75. The lowest BCUT2D eigenvalue weighted by molar-refractivity contribution is -0.820. The molecule has 1 saturated heterocycles. The zero-order chi connectivity index (χ0) is 21.6. The van der Waals surface area contributed by atoms with Gasteiger partial charge in [-0.15, -0.1) is 0 Å². The number of hydrogen-bond acceptors (Lipinski definition) is 4. The molecule has 0 N–H and O–H groups in total. The van der Waals surface area contributed by atoms with Crippen LogP contribution in [-0.4, -0.2) is 26.8 Å². The highest BCUT2D eigenvalue weighted by atomic mass is 32.2. The molecule has 162 valence electrons. The molecule has 0 bridgehead atoms. The second kappa shape index (κ2) is 8.36. The molecule has 5 rings (SSSR count). The summed E-state index contributed by atoms with van der Waals surface area (Å²) in [6, 6.07) is 9.06. The largest absolute Gasteiger partial charge is 0.505 e. The Morgan fingerprint density at radius 1 is 0.645 bits per heavy atom. The molecular formula is C25H32N4S2+2. The number of rotatable bonds is 0. The minimum atomic E-state index is -0.357. The van der Waals surface area contributed by atoms with E-state index in [2.05, 4.69) is 61.4 Å². The molecule has 4 nitrogen and oxygen atoms in total. The van der Waals surface area contributed by atoms with Crippen LogP contribution < -0.4 is 0 Å². The van der Waals surface area contributed by atoms with Gasteiger partial charge >= 0.3 is 4.33 Å². The molecule has 0 aromatic heterocycles. The maximum atomic E-state index is 5.28. The summed E-state index contributed by atoms with van der Waals surface area (Å²) in [5.74, 6) is 0. The lowest BCUT2D eigenvalue weighted by Crippen LogP contribution is -2.48. The molecule has 3 aliphatic rings. The second-order valence-electron chi connectivity index (χ2n) is 9.18. The van der Waals surface area contributed by atoms with Crippen LogP contribution in [0.2, 0.25) is 0 Å². The van der Waals surface area contributed by atoms with Crippen LogP contribution in [0.1, 0.15) is 60.8 Å². The van der Waals surface area contributed by atoms with E-state index in [1.807, 2.05) is 23.5 Å². The highest BCUT2D eigenvalue weighted by molar-refractivity contribution is 8.17. The van der Waals surface area contributed by atoms with Gasteiger partial charge < -0.3 is 0 Å². The molecule has 0 saturated carbocycles. The predicted octanol–water partition coefficient (Wildman–Crippen LogP) is 7.99. The fraction of sp³-hybridized carbons (Fsp3) is 0.520. The Labute approximate surface area is 194 Å². The van der Waals surface area contributed by atoms with Crippen molar-refractivity contribution in [3.05, 3.63) is 46.5 Å². The predicted molar refractivity (Wildman–Crippen MR) is 128 cm³/mol. The summed E-state index contributed by atoms with van der Waals surface area (Å²) in [6.07, 6.45) is 7.57. The van der Waals surface area contributed by atoms with E-state index in [0.717, 1.165) is 24.5 Å². The van der Waals surface area contributed by atoms with Crippen LogP contribution in [0.5, 0.6) is 0 Å². The van der Waals surface area contributed by atoms with Crippen LogP contribution in [0.4, 0.5) is 11.4 Å². The first-order valence-electron chi connectivity index (χ1n) is 11.6. The first kappa shape index (κ1) is 21.2. The highest BCUT2D eigenvalue weighted by Gasteiger charge is 2.63. The van der Waals surface area contributed by atoms with E-state index in [9.17, 15) is 0 Å². The molecule has 0 aliphatic carbocycles. The summed E-state index contributed by atoms with van der Waals surface area (Å²) in [4.78, 5) is 2.61. The van der Waals surface area contributed by atoms with E-state index >= 15 is 0 Å². The zero-order valence-electron chi connectivity index (χ0n) is 19.1. The lowest BCUT2D eigenvalue weighted by atomic mass is 10.1. The Bertz CT molecular complexity index is 1020. The normalized spacial score (nSPS) is 20.3. The molecule has 31 heavy (non-hydrogen) atoms. The molecule has 1 spiro atoms. The minimum absolute atomic E-state index is 0.357. The Hall–Kier alpha value is -1.66. The Morgan fingerprint density at radius 3 is 1.52 bits per heavy atom. The quantitative estimate of drug-likeness (QED) is 0.379. The maximum Gasteiger partial charge on any atom is 0.505 e. The number of azo groups is 4. The number of nitrogens with zero attached hydrogens (tertiary/aromatic N) is 4. The van der Waals surface area contributed by atoms with E-state index in [4.69, 9.17) is 10.2 Å². The summed E-state index contributed by atoms with van der Waals surface area (Å²) in [6.45, 7) is 10.7. The molecular weight excluding hydrogens is 420 g/mol. The third-order valence-corrected chi connectivity index (χ3v) is 9.71. The van der Waals surface area contributed by atoms with Gasteiger partial charge in [0.2, 0.25) is 0 Å². The molecule has 0 unspecified atom stereocenters. The summed E-state index contributed by atoms with van der Waals surface area (Å²) in [7, 11) is 0. The van der Waals surface area contributed by atoms with Crippen LogP contribution in [0, 0.1) is 27.7 Å². The van der Waals surface area contributed by atoms with Crippen molar-refractivity contribution in [2.24, 2.45) is 10.2 Å². The molecule has 3 heterocycles. The Kier molecular flexibility index (Phi) is 5.72. The molecule has 2 aromatic rings. The molecule has 3 aliphatic heterocycles. The van der Waals surface area contributed by atoms with E-state index in [-0.39, 0.29) is 4.33 Å². The van der Waals surface area contributed by atoms with E-state index < -0.39 is 0 Å². The van der Waals surface area contributed by atoms with Crippen LogP contribution in [-0.2, 0) is 0 Å². The topological polar surface area (TPSA) is 30.7 Å². The Morgan fingerprint density at radius 2 is 1.06 bits per heavy atom. The highest BCUT2D eigenvalue weighted by Crippen LogP contribution is 2.58. The van der Waals surface area contributed by atoms with Crippen molar-refractivity contribution >= 4 is 34.9 Å². The van der Waals surface area contributed by atoms with Crippen LogP contribution in [0.3, 0.4) is 0 Å². The number of thioether (sulfide) groups is 2. The van der Waals surface area contributed by atoms with E-state index in [1.54, 1.807) is 0 Å². The van der Waals surface area contributed by atoms with Crippen molar-refractivity contribution in [1.82, 2.24) is 0 Å². The number of benzene rings is 2. The second-order valence-corrected chi connectivity index (χ2v) is 11.8. The lowest BCUT2D eigenvalue weighted by Gasteiger charge is -2.29. The number of fused-ring (bicyclic) bond motifs is 2. The molecule has 0 radical (unpaired) electrons. The first-order chi connectivity index (χ1) is 15.0. The van der Waals surface area contributed by atoms with Crippen LogP contribution in [0.25, 0.3) is 0 Å². The molecule has 0 atom stereocenters. The summed E-state index contributed by atoms with van der Waals surface area (Å²) in [5, 5.41) is 10.6. The summed E-state index contributed by atoms with van der Waals surface area (Å²) < 4.78 is 4.37. The van der Waals surface area contributed by atoms with Crippen molar-refractivity contribution in [1.29, 1.82) is 0 Å². The van der Waals surface area contributed by atoms with Crippen molar-refractivity contribution in [2.75, 3.05) is 13.1 Å². The van der Waals surface area contributed by atoms with Gasteiger partial charge in [0.05, 0.1) is 9.79 Å². The van der Waals surface area contributed by atoms with Crippen molar-refractivity contribution < 1.29 is 9.39 Å². The van der Waals surface area contributed by atoms with Gasteiger partial charge in [-0.2, -0.15) is 0 Å². The fourth-order valence-corrected chi connectivity index (χ4v) is 7.90. The first-order valence-corrected chi connectivity index (χ1v) is 13.2. The zero-order valence-corrected chi connectivity index (χ0v) is 20.7. The monoisotopic (exact) mass is 452 g/mol. The molecule has 0 amide bonds. The van der Waals surface area contributed by atoms with Crippen molar-refractivity contribution in [2.45, 2.75) is 80.3 Å². The van der Waals surface area contributed by atoms with Crippen molar-refractivity contribution in [3.8, 4) is 0 Å². The molecule has 2 aromatic carbocycles. The average molecular weight is 453 g/mol. The molecule has 6 heteroatoms. The van der Waals surface area contributed by atoms with E-state index in [0.29, 0.717) is 0 Å². The maximum absolute atomic E-state index is 5.28.